The first kappa shape index (κ1) is 28.7. The van der Waals surface area contributed by atoms with Crippen LogP contribution in [0.4, 0.5) is 0 Å². The van der Waals surface area contributed by atoms with Gasteiger partial charge in [0.15, 0.2) is 6.29 Å². The number of ether oxygens (including phenoxy) is 3. The predicted molar refractivity (Wildman–Crippen MR) is 166 cm³/mol. The molecular formula is C33H31ClN4O5. The molecule has 2 N–H and O–H groups in total. The van der Waals surface area contributed by atoms with Gasteiger partial charge >= 0.3 is 0 Å². The number of pyridine rings is 1. The van der Waals surface area contributed by atoms with Gasteiger partial charge in [-0.25, -0.2) is 9.67 Å². The highest BCUT2D eigenvalue weighted by molar-refractivity contribution is 6.36. The first-order chi connectivity index (χ1) is 20.9. The van der Waals surface area contributed by atoms with Gasteiger partial charge in [-0.1, -0.05) is 48.0 Å². The van der Waals surface area contributed by atoms with Crippen LogP contribution in [0.3, 0.4) is 0 Å². The van der Waals surface area contributed by atoms with Crippen LogP contribution in [0.1, 0.15) is 28.8 Å². The number of benzene rings is 3. The Hall–Kier alpha value is -4.44. The van der Waals surface area contributed by atoms with Crippen LogP contribution < -0.4 is 19.5 Å². The molecule has 220 valence electrons. The molecule has 0 spiro atoms. The number of carbonyl (C=O) groups is 1. The Labute approximate surface area is 254 Å². The lowest BCUT2D eigenvalue weighted by Gasteiger charge is -2.32. The van der Waals surface area contributed by atoms with E-state index in [2.05, 4.69) is 10.4 Å². The Morgan fingerprint density at radius 2 is 1.67 bits per heavy atom. The fourth-order valence-electron chi connectivity index (χ4n) is 5.53. The molecule has 1 aliphatic rings. The zero-order valence-corrected chi connectivity index (χ0v) is 24.8. The largest absolute Gasteiger partial charge is 0.496 e. The molecule has 1 saturated carbocycles. The van der Waals surface area contributed by atoms with Crippen molar-refractivity contribution in [2.75, 3.05) is 21.3 Å². The average molecular weight is 599 g/mol. The van der Waals surface area contributed by atoms with Crippen LogP contribution in [-0.4, -0.2) is 59.6 Å². The molecule has 0 unspecified atom stereocenters. The van der Waals surface area contributed by atoms with E-state index < -0.39 is 0 Å². The van der Waals surface area contributed by atoms with E-state index in [1.54, 1.807) is 30.1 Å². The summed E-state index contributed by atoms with van der Waals surface area (Å²) in [7, 11) is 4.63. The molecule has 9 nitrogen and oxygen atoms in total. The van der Waals surface area contributed by atoms with Crippen molar-refractivity contribution < 1.29 is 24.1 Å². The maximum atomic E-state index is 11.7. The van der Waals surface area contributed by atoms with Crippen molar-refractivity contribution in [3.63, 3.8) is 0 Å². The fraction of sp³-hybridized carbons (Fsp3) is 0.242. The number of aldehydes is 1. The van der Waals surface area contributed by atoms with E-state index in [0.717, 1.165) is 46.0 Å². The third kappa shape index (κ3) is 5.31. The number of rotatable bonds is 10. The Morgan fingerprint density at radius 3 is 2.35 bits per heavy atom. The number of nitrogens with one attached hydrogen (secondary N) is 1. The number of methoxy groups -OCH3 is 3. The molecule has 3 aromatic carbocycles. The van der Waals surface area contributed by atoms with Crippen LogP contribution in [0.25, 0.3) is 39.0 Å². The Balaban J connectivity index is 1.37. The van der Waals surface area contributed by atoms with Gasteiger partial charge in [0.2, 0.25) is 5.88 Å². The molecule has 43 heavy (non-hydrogen) atoms. The summed E-state index contributed by atoms with van der Waals surface area (Å²) < 4.78 is 18.3. The van der Waals surface area contributed by atoms with E-state index in [1.165, 1.54) is 14.2 Å². The van der Waals surface area contributed by atoms with E-state index in [4.69, 9.17) is 30.8 Å². The molecule has 0 bridgehead atoms. The topological polar surface area (TPSA) is 108 Å². The van der Waals surface area contributed by atoms with Crippen molar-refractivity contribution in [1.82, 2.24) is 20.1 Å². The van der Waals surface area contributed by atoms with Gasteiger partial charge in [0.1, 0.15) is 11.5 Å². The van der Waals surface area contributed by atoms with Crippen LogP contribution in [0.5, 0.6) is 17.4 Å². The minimum Gasteiger partial charge on any atom is -0.496 e. The quantitative estimate of drug-likeness (QED) is 0.193. The number of halogens is 1. The highest BCUT2D eigenvalue weighted by atomic mass is 35.5. The summed E-state index contributed by atoms with van der Waals surface area (Å²) >= 11 is 7.08. The van der Waals surface area contributed by atoms with Crippen LogP contribution in [0.2, 0.25) is 5.02 Å². The summed E-state index contributed by atoms with van der Waals surface area (Å²) in [5.74, 6) is 1.32. The Morgan fingerprint density at radius 1 is 0.977 bits per heavy atom. The number of hydrogen-bond donors (Lipinski definition) is 2. The van der Waals surface area contributed by atoms with Gasteiger partial charge in [0.25, 0.3) is 0 Å². The molecule has 5 aromatic rings. The molecule has 0 amide bonds. The molecule has 2 aromatic heterocycles. The first-order valence-corrected chi connectivity index (χ1v) is 14.3. The predicted octanol–water partition coefficient (Wildman–Crippen LogP) is 5.86. The van der Waals surface area contributed by atoms with E-state index in [-0.39, 0.29) is 6.10 Å². The first-order valence-electron chi connectivity index (χ1n) is 13.9. The van der Waals surface area contributed by atoms with Crippen LogP contribution in [-0.2, 0) is 6.54 Å². The summed E-state index contributed by atoms with van der Waals surface area (Å²) in [5.41, 5.74) is 6.03. The second kappa shape index (κ2) is 12.0. The van der Waals surface area contributed by atoms with E-state index in [9.17, 15) is 9.90 Å². The van der Waals surface area contributed by atoms with Gasteiger partial charge in [-0.05, 0) is 30.5 Å². The van der Waals surface area contributed by atoms with Gasteiger partial charge in [-0.3, -0.25) is 4.79 Å². The lowest BCUT2D eigenvalue weighted by molar-refractivity contribution is 0.0618. The number of hydrogen-bond acceptors (Lipinski definition) is 8. The molecule has 1 fully saturated rings. The number of aliphatic hydroxyl groups is 1. The van der Waals surface area contributed by atoms with E-state index in [0.29, 0.717) is 58.2 Å². The van der Waals surface area contributed by atoms with Crippen molar-refractivity contribution >= 4 is 28.8 Å². The Bertz CT molecular complexity index is 1790. The van der Waals surface area contributed by atoms with E-state index >= 15 is 0 Å². The molecular weight excluding hydrogens is 568 g/mol. The third-order valence-corrected chi connectivity index (χ3v) is 8.30. The number of carbonyl (C=O) groups excluding carboxylic acids is 1. The smallest absolute Gasteiger partial charge is 0.218 e. The molecule has 1 aliphatic carbocycles. The number of aromatic nitrogens is 3. The SMILES string of the molecule is COc1cc(-n2ncc3c(-c4cccc(-c5ccc(CNC6CC(O)C6)c(OC)n5)c4Cl)cccc32)cc(OC)c1C=O. The highest BCUT2D eigenvalue weighted by Gasteiger charge is 2.27. The van der Waals surface area contributed by atoms with Crippen LogP contribution in [0.15, 0.2) is 66.9 Å². The second-order valence-electron chi connectivity index (χ2n) is 10.4. The van der Waals surface area contributed by atoms with Gasteiger partial charge in [-0.15, -0.1) is 0 Å². The second-order valence-corrected chi connectivity index (χ2v) is 10.8. The van der Waals surface area contributed by atoms with Crippen molar-refractivity contribution in [3.05, 3.63) is 83.0 Å². The van der Waals surface area contributed by atoms with Crippen molar-refractivity contribution in [3.8, 4) is 45.5 Å². The van der Waals surface area contributed by atoms with Gasteiger partial charge < -0.3 is 24.6 Å². The minimum absolute atomic E-state index is 0.212. The molecule has 0 radical (unpaired) electrons. The molecule has 0 aliphatic heterocycles. The summed E-state index contributed by atoms with van der Waals surface area (Å²) in [5, 5.41) is 19.1. The maximum absolute atomic E-state index is 11.7. The standard InChI is InChI=1S/C33H31ClN4O5/c1-41-30-14-21(15-31(42-2)27(30)18-39)38-29-9-5-6-23(26(29)17-36-38)24-7-4-8-25(32(24)34)28-11-10-19(33(37-28)43-3)16-35-20-12-22(40)13-20/h4-11,14-15,17-18,20,22,35,40H,12-13,16H2,1-3H3. The van der Waals surface area contributed by atoms with Gasteiger partial charge in [-0.2, -0.15) is 5.10 Å². The third-order valence-electron chi connectivity index (χ3n) is 7.90. The average Bonchev–Trinajstić information content (AvgIpc) is 3.46. The molecule has 0 saturated heterocycles. The monoisotopic (exact) mass is 598 g/mol. The zero-order chi connectivity index (χ0) is 30.1. The maximum Gasteiger partial charge on any atom is 0.218 e. The van der Waals surface area contributed by atoms with Gasteiger partial charge in [0, 0.05) is 46.8 Å². The molecule has 10 heteroatoms. The Kier molecular flexibility index (Phi) is 8.03. The summed E-state index contributed by atoms with van der Waals surface area (Å²) in [6.07, 6.45) is 3.82. The summed E-state index contributed by atoms with van der Waals surface area (Å²) in [6.45, 7) is 0.600. The summed E-state index contributed by atoms with van der Waals surface area (Å²) in [6, 6.07) is 19.6. The lowest BCUT2D eigenvalue weighted by Crippen LogP contribution is -2.43. The number of aliphatic hydroxyl groups excluding tert-OH is 1. The van der Waals surface area contributed by atoms with Crippen LogP contribution in [0, 0.1) is 0 Å². The zero-order valence-electron chi connectivity index (χ0n) is 24.0. The number of fused-ring (bicyclic) bond motifs is 1. The van der Waals surface area contributed by atoms with Crippen molar-refractivity contribution in [1.29, 1.82) is 0 Å². The van der Waals surface area contributed by atoms with E-state index in [1.807, 2.05) is 48.5 Å². The fourth-order valence-corrected chi connectivity index (χ4v) is 5.86. The molecule has 2 heterocycles. The van der Waals surface area contributed by atoms with Crippen molar-refractivity contribution in [2.24, 2.45) is 0 Å². The highest BCUT2D eigenvalue weighted by Crippen LogP contribution is 2.40. The minimum atomic E-state index is -0.212. The number of nitrogens with zero attached hydrogens (tertiary/aromatic N) is 3. The van der Waals surface area contributed by atoms with Crippen molar-refractivity contribution in [2.45, 2.75) is 31.5 Å². The van der Waals surface area contributed by atoms with Gasteiger partial charge in [0.05, 0.1) is 61.1 Å². The van der Waals surface area contributed by atoms with Crippen LogP contribution >= 0.6 is 11.6 Å². The summed E-state index contributed by atoms with van der Waals surface area (Å²) in [4.78, 5) is 16.4. The molecule has 0 atom stereocenters. The lowest BCUT2D eigenvalue weighted by atomic mass is 9.89. The normalized spacial score (nSPS) is 16.1. The molecule has 6 rings (SSSR count).